The molecule has 7 heteroatoms. The molecular weight excluding hydrogens is 257 g/mol. The fourth-order valence-electron chi connectivity index (χ4n) is 1.72. The van der Waals surface area contributed by atoms with Crippen LogP contribution in [-0.2, 0) is 9.59 Å². The molecule has 1 aliphatic heterocycles. The van der Waals surface area contributed by atoms with Gasteiger partial charge in [-0.25, -0.2) is 4.39 Å². The van der Waals surface area contributed by atoms with Crippen molar-refractivity contribution in [3.63, 3.8) is 0 Å². The Hall–Kier alpha value is -2.02. The minimum absolute atomic E-state index is 0.0604. The minimum atomic E-state index is -0.567. The molecule has 0 aliphatic carbocycles. The molecule has 0 aromatic heterocycles. The normalized spacial score (nSPS) is 15.5. The SMILES string of the molecule is NC(=S)c1ccc(N2CC(=O)NC(=O)C2)c(F)c1. The van der Waals surface area contributed by atoms with Crippen LogP contribution in [0.3, 0.4) is 0 Å². The van der Waals surface area contributed by atoms with E-state index in [9.17, 15) is 14.0 Å². The number of thiocarbonyl (C=S) groups is 1. The van der Waals surface area contributed by atoms with Crippen LogP contribution >= 0.6 is 12.2 Å². The van der Waals surface area contributed by atoms with Crippen LogP contribution in [0.2, 0.25) is 0 Å². The molecule has 1 aromatic rings. The van der Waals surface area contributed by atoms with Gasteiger partial charge in [0.2, 0.25) is 11.8 Å². The molecule has 0 radical (unpaired) electrons. The summed E-state index contributed by atoms with van der Waals surface area (Å²) in [4.78, 5) is 23.9. The van der Waals surface area contributed by atoms with Crippen LogP contribution in [0.4, 0.5) is 10.1 Å². The minimum Gasteiger partial charge on any atom is -0.389 e. The number of rotatable bonds is 2. The third-order valence-corrected chi connectivity index (χ3v) is 2.76. The number of amides is 2. The van der Waals surface area contributed by atoms with Crippen LogP contribution in [-0.4, -0.2) is 29.9 Å². The number of nitrogens with two attached hydrogens (primary N) is 1. The van der Waals surface area contributed by atoms with Crippen molar-refractivity contribution in [3.05, 3.63) is 29.6 Å². The van der Waals surface area contributed by atoms with Crippen molar-refractivity contribution in [1.29, 1.82) is 0 Å². The summed E-state index contributed by atoms with van der Waals surface area (Å²) in [6, 6.07) is 4.20. The summed E-state index contributed by atoms with van der Waals surface area (Å²) in [6.07, 6.45) is 0. The van der Waals surface area contributed by atoms with Crippen LogP contribution in [0.1, 0.15) is 5.56 Å². The lowest BCUT2D eigenvalue weighted by molar-refractivity contribution is -0.130. The predicted molar refractivity (Wildman–Crippen MR) is 67.7 cm³/mol. The van der Waals surface area contributed by atoms with E-state index in [-0.39, 0.29) is 23.8 Å². The number of nitrogens with one attached hydrogen (secondary N) is 1. The first kappa shape index (κ1) is 12.4. The second kappa shape index (κ2) is 4.69. The van der Waals surface area contributed by atoms with Crippen molar-refractivity contribution in [2.45, 2.75) is 0 Å². The number of piperazine rings is 1. The number of benzene rings is 1. The van der Waals surface area contributed by atoms with Gasteiger partial charge in [0, 0.05) is 5.56 Å². The van der Waals surface area contributed by atoms with E-state index in [0.717, 1.165) is 0 Å². The van der Waals surface area contributed by atoms with E-state index in [0.29, 0.717) is 5.56 Å². The molecule has 0 unspecified atom stereocenters. The molecule has 0 saturated carbocycles. The zero-order valence-electron chi connectivity index (χ0n) is 9.27. The molecule has 0 spiro atoms. The maximum absolute atomic E-state index is 13.8. The van der Waals surface area contributed by atoms with Crippen LogP contribution < -0.4 is 16.0 Å². The van der Waals surface area contributed by atoms with E-state index in [1.807, 2.05) is 0 Å². The highest BCUT2D eigenvalue weighted by Gasteiger charge is 2.24. The Morgan fingerprint density at radius 1 is 1.33 bits per heavy atom. The molecule has 0 atom stereocenters. The lowest BCUT2D eigenvalue weighted by atomic mass is 10.1. The number of hydrogen-bond donors (Lipinski definition) is 2. The first-order valence-electron chi connectivity index (χ1n) is 5.14. The number of nitrogens with zero attached hydrogens (tertiary/aromatic N) is 1. The van der Waals surface area contributed by atoms with Crippen molar-refractivity contribution in [2.24, 2.45) is 5.73 Å². The first-order chi connectivity index (χ1) is 8.47. The van der Waals surface area contributed by atoms with Crippen molar-refractivity contribution in [1.82, 2.24) is 5.32 Å². The number of imide groups is 1. The molecule has 1 heterocycles. The zero-order valence-corrected chi connectivity index (χ0v) is 10.1. The third kappa shape index (κ3) is 2.45. The first-order valence-corrected chi connectivity index (χ1v) is 5.55. The Kier molecular flexibility index (Phi) is 3.24. The summed E-state index contributed by atoms with van der Waals surface area (Å²) in [7, 11) is 0. The Bertz CT molecular complexity index is 531. The molecule has 1 fully saturated rings. The van der Waals surface area contributed by atoms with Gasteiger partial charge in [0.25, 0.3) is 0 Å². The Labute approximate surface area is 108 Å². The average molecular weight is 267 g/mol. The fourth-order valence-corrected chi connectivity index (χ4v) is 1.85. The van der Waals surface area contributed by atoms with E-state index in [1.165, 1.54) is 17.0 Å². The van der Waals surface area contributed by atoms with Gasteiger partial charge in [-0.15, -0.1) is 0 Å². The van der Waals surface area contributed by atoms with Gasteiger partial charge >= 0.3 is 0 Å². The van der Waals surface area contributed by atoms with Gasteiger partial charge in [0.15, 0.2) is 0 Å². The molecule has 18 heavy (non-hydrogen) atoms. The highest BCUT2D eigenvalue weighted by Crippen LogP contribution is 2.21. The smallest absolute Gasteiger partial charge is 0.246 e. The largest absolute Gasteiger partial charge is 0.389 e. The Morgan fingerprint density at radius 2 is 1.94 bits per heavy atom. The van der Waals surface area contributed by atoms with E-state index in [4.69, 9.17) is 18.0 Å². The summed E-state index contributed by atoms with van der Waals surface area (Å²) < 4.78 is 13.8. The van der Waals surface area contributed by atoms with Crippen LogP contribution in [0.5, 0.6) is 0 Å². The fraction of sp³-hybridized carbons (Fsp3) is 0.182. The van der Waals surface area contributed by atoms with Crippen molar-refractivity contribution in [2.75, 3.05) is 18.0 Å². The quantitative estimate of drug-likeness (QED) is 0.579. The summed E-state index contributed by atoms with van der Waals surface area (Å²) in [6.45, 7) is -0.121. The summed E-state index contributed by atoms with van der Waals surface area (Å²) >= 11 is 4.74. The van der Waals surface area contributed by atoms with Gasteiger partial charge in [0.1, 0.15) is 10.8 Å². The molecule has 1 aliphatic rings. The summed E-state index contributed by atoms with van der Waals surface area (Å²) in [5.41, 5.74) is 5.97. The monoisotopic (exact) mass is 267 g/mol. The highest BCUT2D eigenvalue weighted by atomic mass is 32.1. The Morgan fingerprint density at radius 3 is 2.44 bits per heavy atom. The maximum Gasteiger partial charge on any atom is 0.246 e. The lowest BCUT2D eigenvalue weighted by Crippen LogP contribution is -2.51. The molecular formula is C11H10FN3O2S. The number of carbonyl (C=O) groups excluding carboxylic acids is 2. The van der Waals surface area contributed by atoms with Crippen LogP contribution in [0.15, 0.2) is 18.2 Å². The molecule has 2 amide bonds. The van der Waals surface area contributed by atoms with Gasteiger partial charge in [-0.3, -0.25) is 14.9 Å². The molecule has 1 aromatic carbocycles. The molecule has 0 bridgehead atoms. The van der Waals surface area contributed by atoms with E-state index < -0.39 is 17.6 Å². The predicted octanol–water partition coefficient (Wildman–Crippen LogP) is -0.0773. The summed E-state index contributed by atoms with van der Waals surface area (Å²) in [5.74, 6) is -1.48. The van der Waals surface area contributed by atoms with Crippen molar-refractivity contribution >= 4 is 34.7 Å². The van der Waals surface area contributed by atoms with Gasteiger partial charge in [0.05, 0.1) is 18.8 Å². The highest BCUT2D eigenvalue weighted by molar-refractivity contribution is 7.80. The lowest BCUT2D eigenvalue weighted by Gasteiger charge is -2.27. The van der Waals surface area contributed by atoms with Crippen LogP contribution in [0.25, 0.3) is 0 Å². The van der Waals surface area contributed by atoms with Crippen molar-refractivity contribution in [3.8, 4) is 0 Å². The summed E-state index contributed by atoms with van der Waals surface area (Å²) in [5, 5.41) is 2.15. The van der Waals surface area contributed by atoms with Crippen molar-refractivity contribution < 1.29 is 14.0 Å². The molecule has 94 valence electrons. The van der Waals surface area contributed by atoms with Gasteiger partial charge in [-0.1, -0.05) is 12.2 Å². The molecule has 5 nitrogen and oxygen atoms in total. The number of hydrogen-bond acceptors (Lipinski definition) is 4. The second-order valence-electron chi connectivity index (χ2n) is 3.86. The van der Waals surface area contributed by atoms with Crippen LogP contribution in [0, 0.1) is 5.82 Å². The standard InChI is InChI=1S/C11H10FN3O2S/c12-7-3-6(11(13)18)1-2-8(7)15-4-9(16)14-10(17)5-15/h1-3H,4-5H2,(H2,13,18)(H,14,16,17). The second-order valence-corrected chi connectivity index (χ2v) is 4.30. The number of halogens is 1. The number of carbonyl (C=O) groups is 2. The Balaban J connectivity index is 2.31. The van der Waals surface area contributed by atoms with E-state index in [1.54, 1.807) is 6.07 Å². The maximum atomic E-state index is 13.8. The van der Waals surface area contributed by atoms with E-state index >= 15 is 0 Å². The third-order valence-electron chi connectivity index (χ3n) is 2.52. The zero-order chi connectivity index (χ0) is 13.3. The number of anilines is 1. The molecule has 3 N–H and O–H groups in total. The molecule has 1 saturated heterocycles. The van der Waals surface area contributed by atoms with Gasteiger partial charge < -0.3 is 10.6 Å². The van der Waals surface area contributed by atoms with Gasteiger partial charge in [-0.05, 0) is 18.2 Å². The average Bonchev–Trinajstić information content (AvgIpc) is 2.27. The van der Waals surface area contributed by atoms with E-state index in [2.05, 4.69) is 5.32 Å². The molecule has 2 rings (SSSR count). The topological polar surface area (TPSA) is 75.4 Å². The van der Waals surface area contributed by atoms with Gasteiger partial charge in [-0.2, -0.15) is 0 Å².